The number of rotatable bonds is 4. The third kappa shape index (κ3) is 4.80. The summed E-state index contributed by atoms with van der Waals surface area (Å²) >= 11 is 3.18. The Morgan fingerprint density at radius 1 is 1.09 bits per heavy atom. The number of alkyl halides is 3. The number of nitrogens with zero attached hydrogens (tertiary/aromatic N) is 1. The van der Waals surface area contributed by atoms with Gasteiger partial charge in [0.05, 0.1) is 16.7 Å². The second-order valence-electron chi connectivity index (χ2n) is 4.43. The molecule has 0 bridgehead atoms. The molecule has 0 aliphatic heterocycles. The van der Waals surface area contributed by atoms with Gasteiger partial charge in [-0.1, -0.05) is 28.1 Å². The van der Waals surface area contributed by atoms with Crippen molar-refractivity contribution in [3.63, 3.8) is 0 Å². The maximum Gasteiger partial charge on any atom is 0.416 e. The van der Waals surface area contributed by atoms with Gasteiger partial charge in [0.25, 0.3) is 10.0 Å². The number of nitrogens with one attached hydrogen (secondary N) is 1. The summed E-state index contributed by atoms with van der Waals surface area (Å²) in [5, 5.41) is 3.49. The number of benzene rings is 2. The van der Waals surface area contributed by atoms with E-state index >= 15 is 0 Å². The molecule has 4 nitrogen and oxygen atoms in total. The van der Waals surface area contributed by atoms with Crippen molar-refractivity contribution in [1.82, 2.24) is 4.83 Å². The molecule has 0 amide bonds. The Hall–Kier alpha value is -1.87. The molecule has 23 heavy (non-hydrogen) atoms. The van der Waals surface area contributed by atoms with Crippen LogP contribution in [0.4, 0.5) is 13.2 Å². The van der Waals surface area contributed by atoms with E-state index in [-0.39, 0.29) is 10.5 Å². The fourth-order valence-electron chi connectivity index (χ4n) is 1.63. The predicted octanol–water partition coefficient (Wildman–Crippen LogP) is 3.78. The van der Waals surface area contributed by atoms with Gasteiger partial charge in [0.15, 0.2) is 0 Å². The minimum absolute atomic E-state index is 0.0121. The second-order valence-corrected chi connectivity index (χ2v) is 7.01. The summed E-state index contributed by atoms with van der Waals surface area (Å²) in [6.07, 6.45) is -3.47. The average Bonchev–Trinajstić information content (AvgIpc) is 2.47. The second kappa shape index (κ2) is 6.71. The maximum atomic E-state index is 12.6. The van der Waals surface area contributed by atoms with Gasteiger partial charge in [0, 0.05) is 4.47 Å². The molecule has 0 heterocycles. The summed E-state index contributed by atoms with van der Waals surface area (Å²) < 4.78 is 62.3. The smallest absolute Gasteiger partial charge is 0.200 e. The Balaban J connectivity index is 2.14. The van der Waals surface area contributed by atoms with Crippen molar-refractivity contribution in [3.05, 3.63) is 64.1 Å². The van der Waals surface area contributed by atoms with E-state index in [1.165, 1.54) is 24.3 Å². The first-order valence-corrected chi connectivity index (χ1v) is 8.44. The summed E-state index contributed by atoms with van der Waals surface area (Å²) in [5.41, 5.74) is -0.712. The Bertz CT molecular complexity index is 819. The Labute approximate surface area is 139 Å². The van der Waals surface area contributed by atoms with E-state index in [9.17, 15) is 21.6 Å². The van der Waals surface area contributed by atoms with Crippen molar-refractivity contribution in [1.29, 1.82) is 0 Å². The van der Waals surface area contributed by atoms with Gasteiger partial charge in [-0.3, -0.25) is 0 Å². The topological polar surface area (TPSA) is 58.5 Å². The molecule has 2 aromatic rings. The van der Waals surface area contributed by atoms with Crippen LogP contribution in [0.15, 0.2) is 63.0 Å². The molecule has 1 N–H and O–H groups in total. The molecule has 0 aliphatic carbocycles. The molecular formula is C14H10BrF3N2O2S. The summed E-state index contributed by atoms with van der Waals surface area (Å²) in [5.74, 6) is 0. The van der Waals surface area contributed by atoms with Gasteiger partial charge >= 0.3 is 6.18 Å². The average molecular weight is 407 g/mol. The molecule has 0 saturated heterocycles. The fourth-order valence-corrected chi connectivity index (χ4v) is 2.69. The SMILES string of the molecule is O=S(=O)(N/N=C\c1cccc(C(F)(F)F)c1)c1ccc(Br)cc1. The largest absolute Gasteiger partial charge is 0.416 e. The van der Waals surface area contributed by atoms with Crippen LogP contribution in [0.3, 0.4) is 0 Å². The van der Waals surface area contributed by atoms with E-state index in [2.05, 4.69) is 21.0 Å². The third-order valence-electron chi connectivity index (χ3n) is 2.72. The van der Waals surface area contributed by atoms with Crippen molar-refractivity contribution in [3.8, 4) is 0 Å². The van der Waals surface area contributed by atoms with Crippen molar-refractivity contribution in [2.75, 3.05) is 0 Å². The summed E-state index contributed by atoms with van der Waals surface area (Å²) in [6, 6.07) is 10.2. The molecule has 0 saturated carbocycles. The number of hydrogen-bond acceptors (Lipinski definition) is 3. The van der Waals surface area contributed by atoms with Crippen LogP contribution in [0, 0.1) is 0 Å². The normalized spacial score (nSPS) is 12.5. The van der Waals surface area contributed by atoms with Crippen LogP contribution in [0.1, 0.15) is 11.1 Å². The van der Waals surface area contributed by atoms with E-state index in [1.807, 2.05) is 4.83 Å². The minimum Gasteiger partial charge on any atom is -0.200 e. The van der Waals surface area contributed by atoms with Gasteiger partial charge in [-0.05, 0) is 42.0 Å². The zero-order chi connectivity index (χ0) is 17.1. The lowest BCUT2D eigenvalue weighted by Gasteiger charge is -2.06. The van der Waals surface area contributed by atoms with E-state index < -0.39 is 21.8 Å². The molecule has 0 spiro atoms. The predicted molar refractivity (Wildman–Crippen MR) is 83.5 cm³/mol. The third-order valence-corrected chi connectivity index (χ3v) is 4.49. The first-order chi connectivity index (χ1) is 10.7. The highest BCUT2D eigenvalue weighted by molar-refractivity contribution is 9.10. The molecule has 0 aliphatic rings. The Morgan fingerprint density at radius 2 is 1.74 bits per heavy atom. The lowest BCUT2D eigenvalue weighted by molar-refractivity contribution is -0.137. The van der Waals surface area contributed by atoms with Gasteiger partial charge in [-0.15, -0.1) is 0 Å². The lowest BCUT2D eigenvalue weighted by atomic mass is 10.1. The highest BCUT2D eigenvalue weighted by atomic mass is 79.9. The molecule has 2 aromatic carbocycles. The van der Waals surface area contributed by atoms with E-state index in [0.717, 1.165) is 18.3 Å². The maximum absolute atomic E-state index is 12.6. The highest BCUT2D eigenvalue weighted by Gasteiger charge is 2.30. The van der Waals surface area contributed by atoms with Crippen LogP contribution in [0.2, 0.25) is 0 Å². The molecule has 0 aromatic heterocycles. The van der Waals surface area contributed by atoms with Gasteiger partial charge < -0.3 is 0 Å². The molecule has 0 fully saturated rings. The number of halogens is 4. The van der Waals surface area contributed by atoms with Crippen LogP contribution in [0.5, 0.6) is 0 Å². The number of hydrazone groups is 1. The lowest BCUT2D eigenvalue weighted by Crippen LogP contribution is -2.18. The van der Waals surface area contributed by atoms with Crippen molar-refractivity contribution < 1.29 is 21.6 Å². The van der Waals surface area contributed by atoms with E-state index in [1.54, 1.807) is 12.1 Å². The van der Waals surface area contributed by atoms with Crippen molar-refractivity contribution >= 4 is 32.2 Å². The molecular weight excluding hydrogens is 397 g/mol. The van der Waals surface area contributed by atoms with Crippen LogP contribution >= 0.6 is 15.9 Å². The molecule has 9 heteroatoms. The molecule has 0 atom stereocenters. The summed E-state index contributed by atoms with van der Waals surface area (Å²) in [6.45, 7) is 0. The highest BCUT2D eigenvalue weighted by Crippen LogP contribution is 2.29. The van der Waals surface area contributed by atoms with Crippen molar-refractivity contribution in [2.45, 2.75) is 11.1 Å². The van der Waals surface area contributed by atoms with E-state index in [0.29, 0.717) is 4.47 Å². The zero-order valence-corrected chi connectivity index (χ0v) is 13.8. The monoisotopic (exact) mass is 406 g/mol. The summed E-state index contributed by atoms with van der Waals surface area (Å²) in [4.78, 5) is 1.93. The molecule has 2 rings (SSSR count). The van der Waals surface area contributed by atoms with E-state index in [4.69, 9.17) is 0 Å². The molecule has 0 unspecified atom stereocenters. The van der Waals surface area contributed by atoms with Crippen LogP contribution in [-0.2, 0) is 16.2 Å². The summed E-state index contributed by atoms with van der Waals surface area (Å²) in [7, 11) is -3.88. The number of hydrogen-bond donors (Lipinski definition) is 1. The van der Waals surface area contributed by atoms with Gasteiger partial charge in [-0.2, -0.15) is 26.7 Å². The first-order valence-electron chi connectivity index (χ1n) is 6.16. The number of sulfonamides is 1. The zero-order valence-electron chi connectivity index (χ0n) is 11.4. The van der Waals surface area contributed by atoms with Crippen LogP contribution in [0.25, 0.3) is 0 Å². The Morgan fingerprint density at radius 3 is 2.35 bits per heavy atom. The minimum atomic E-state index is -4.47. The van der Waals surface area contributed by atoms with Crippen LogP contribution < -0.4 is 4.83 Å². The van der Waals surface area contributed by atoms with Gasteiger partial charge in [0.1, 0.15) is 0 Å². The first kappa shape index (κ1) is 17.5. The molecule has 0 radical (unpaired) electrons. The molecule has 122 valence electrons. The van der Waals surface area contributed by atoms with Gasteiger partial charge in [0.2, 0.25) is 0 Å². The Kier molecular flexibility index (Phi) is 5.10. The standard InChI is InChI=1S/C14H10BrF3N2O2S/c15-12-4-6-13(7-5-12)23(21,22)20-19-9-10-2-1-3-11(8-10)14(16,17)18/h1-9,20H/b19-9-. The van der Waals surface area contributed by atoms with Crippen LogP contribution in [-0.4, -0.2) is 14.6 Å². The fraction of sp³-hybridized carbons (Fsp3) is 0.0714. The quantitative estimate of drug-likeness (QED) is 0.620. The van der Waals surface area contributed by atoms with Crippen molar-refractivity contribution in [2.24, 2.45) is 5.10 Å². The van der Waals surface area contributed by atoms with Gasteiger partial charge in [-0.25, -0.2) is 4.83 Å².